The van der Waals surface area contributed by atoms with E-state index in [1.807, 2.05) is 12.1 Å². The van der Waals surface area contributed by atoms with Crippen molar-refractivity contribution in [2.45, 2.75) is 27.2 Å². The van der Waals surface area contributed by atoms with Gasteiger partial charge in [0.25, 0.3) is 5.69 Å². The Balaban J connectivity index is 1.50. The van der Waals surface area contributed by atoms with Crippen molar-refractivity contribution in [2.24, 2.45) is 5.41 Å². The molecule has 0 fully saturated rings. The fourth-order valence-corrected chi connectivity index (χ4v) is 4.28. The van der Waals surface area contributed by atoms with E-state index in [-0.39, 0.29) is 23.3 Å². The molecular formula is C28H30N6O6. The maximum Gasteiger partial charge on any atom is 0.338 e. The van der Waals surface area contributed by atoms with Gasteiger partial charge in [-0.15, -0.1) is 0 Å². The predicted octanol–water partition coefficient (Wildman–Crippen LogP) is 4.89. The lowest BCUT2D eigenvalue weighted by atomic mass is 9.98. The Bertz CT molecular complexity index is 1580. The van der Waals surface area contributed by atoms with Gasteiger partial charge in [-0.1, -0.05) is 6.07 Å². The minimum Gasteiger partial charge on any atom is -0.438 e. The zero-order valence-electron chi connectivity index (χ0n) is 22.7. The summed E-state index contributed by atoms with van der Waals surface area (Å²) in [6, 6.07) is 13.5. The normalized spacial score (nSPS) is 12.8. The first-order valence-corrected chi connectivity index (χ1v) is 12.8. The summed E-state index contributed by atoms with van der Waals surface area (Å²) < 4.78 is 12.5. The minimum atomic E-state index is -0.742. The summed E-state index contributed by atoms with van der Waals surface area (Å²) >= 11 is 0. The zero-order valence-corrected chi connectivity index (χ0v) is 22.7. The maximum atomic E-state index is 12.6. The van der Waals surface area contributed by atoms with E-state index in [0.29, 0.717) is 17.6 Å². The number of ether oxygens (including phenoxy) is 2. The SMILES string of the molecule is COCCN1CCc2cc(Nc3nc(Oc4cccc([N+](=O)[O-])c4)c4ccn(OC(=O)C(C)(C)C)c4n3)ccc21. The van der Waals surface area contributed by atoms with Gasteiger partial charge in [0.1, 0.15) is 5.75 Å². The van der Waals surface area contributed by atoms with Crippen LogP contribution in [0.2, 0.25) is 0 Å². The molecule has 2 aromatic carbocycles. The maximum absolute atomic E-state index is 12.6. The van der Waals surface area contributed by atoms with Gasteiger partial charge < -0.3 is 24.5 Å². The van der Waals surface area contributed by atoms with Crippen molar-refractivity contribution < 1.29 is 24.0 Å². The minimum absolute atomic E-state index is 0.115. The first-order chi connectivity index (χ1) is 19.1. The number of methoxy groups -OCH3 is 1. The highest BCUT2D eigenvalue weighted by Gasteiger charge is 2.26. The molecule has 4 aromatic rings. The van der Waals surface area contributed by atoms with Crippen molar-refractivity contribution in [3.8, 4) is 11.6 Å². The van der Waals surface area contributed by atoms with E-state index in [0.717, 1.165) is 30.9 Å². The Labute approximate surface area is 230 Å². The highest BCUT2D eigenvalue weighted by Crippen LogP contribution is 2.34. The number of nitrogens with zero attached hydrogens (tertiary/aromatic N) is 5. The number of aromatic nitrogens is 3. The topological polar surface area (TPSA) is 134 Å². The molecule has 0 aliphatic carbocycles. The van der Waals surface area contributed by atoms with Gasteiger partial charge in [-0.3, -0.25) is 10.1 Å². The van der Waals surface area contributed by atoms with Gasteiger partial charge in [0.15, 0.2) is 5.65 Å². The van der Waals surface area contributed by atoms with Gasteiger partial charge >= 0.3 is 5.97 Å². The number of nitro groups is 1. The highest BCUT2D eigenvalue weighted by atomic mass is 16.7. The first kappa shape index (κ1) is 26.9. The summed E-state index contributed by atoms with van der Waals surface area (Å²) in [5.41, 5.74) is 2.57. The van der Waals surface area contributed by atoms with E-state index in [9.17, 15) is 14.9 Å². The van der Waals surface area contributed by atoms with Crippen molar-refractivity contribution in [3.05, 3.63) is 70.4 Å². The number of non-ortho nitro benzene ring substituents is 1. The molecule has 0 saturated carbocycles. The van der Waals surface area contributed by atoms with Gasteiger partial charge in [-0.25, -0.2) is 4.79 Å². The van der Waals surface area contributed by atoms with Crippen LogP contribution in [-0.4, -0.2) is 52.4 Å². The summed E-state index contributed by atoms with van der Waals surface area (Å²) in [4.78, 5) is 40.4. The van der Waals surface area contributed by atoms with Crippen LogP contribution < -0.4 is 19.8 Å². The standard InChI is InChI=1S/C28H30N6O6/c1-28(2,3)26(35)40-33-13-11-22-24(33)30-27(31-25(22)39-21-7-5-6-20(17-21)34(36)37)29-19-8-9-23-18(16-19)10-12-32(23)14-15-38-4/h5-9,11,13,16-17H,10,12,14-15H2,1-4H3,(H,29,30,31). The van der Waals surface area contributed by atoms with Gasteiger partial charge in [-0.05, 0) is 63.1 Å². The Morgan fingerprint density at radius 2 is 1.98 bits per heavy atom. The number of nitro benzene ring substituents is 1. The summed E-state index contributed by atoms with van der Waals surface area (Å²) in [5, 5.41) is 15.0. The quantitative estimate of drug-likeness (QED) is 0.228. The summed E-state index contributed by atoms with van der Waals surface area (Å²) in [5.74, 6) is 0.128. The Kier molecular flexibility index (Phi) is 7.26. The molecule has 1 aliphatic heterocycles. The molecule has 1 N–H and O–H groups in total. The molecule has 208 valence electrons. The number of hydrogen-bond donors (Lipinski definition) is 1. The first-order valence-electron chi connectivity index (χ1n) is 12.8. The Morgan fingerprint density at radius 1 is 1.15 bits per heavy atom. The van der Waals surface area contributed by atoms with Crippen LogP contribution in [-0.2, 0) is 16.0 Å². The smallest absolute Gasteiger partial charge is 0.338 e. The zero-order chi connectivity index (χ0) is 28.4. The Hall–Kier alpha value is -4.71. The molecule has 2 aromatic heterocycles. The summed E-state index contributed by atoms with van der Waals surface area (Å²) in [7, 11) is 1.69. The third-order valence-electron chi connectivity index (χ3n) is 6.41. The average Bonchev–Trinajstić information content (AvgIpc) is 3.51. The van der Waals surface area contributed by atoms with Crippen LogP contribution in [0.15, 0.2) is 54.7 Å². The largest absolute Gasteiger partial charge is 0.438 e. The summed E-state index contributed by atoms with van der Waals surface area (Å²) in [6.45, 7) is 7.65. The second-order valence-electron chi connectivity index (χ2n) is 10.4. The van der Waals surface area contributed by atoms with Gasteiger partial charge in [0.2, 0.25) is 11.8 Å². The molecule has 0 saturated heterocycles. The van der Waals surface area contributed by atoms with Crippen LogP contribution in [0.5, 0.6) is 11.6 Å². The number of carbonyl (C=O) groups is 1. The molecule has 3 heterocycles. The molecular weight excluding hydrogens is 516 g/mol. The molecule has 0 atom stereocenters. The lowest BCUT2D eigenvalue weighted by Crippen LogP contribution is -2.31. The molecule has 12 nitrogen and oxygen atoms in total. The number of benzene rings is 2. The van der Waals surface area contributed by atoms with E-state index in [2.05, 4.69) is 26.3 Å². The van der Waals surface area contributed by atoms with Crippen LogP contribution >= 0.6 is 0 Å². The molecule has 0 unspecified atom stereocenters. The number of nitrogens with one attached hydrogen (secondary N) is 1. The van der Waals surface area contributed by atoms with Crippen molar-refractivity contribution in [1.29, 1.82) is 0 Å². The fraction of sp³-hybridized carbons (Fsp3) is 0.321. The van der Waals surface area contributed by atoms with Gasteiger partial charge in [-0.2, -0.15) is 14.7 Å². The van der Waals surface area contributed by atoms with E-state index in [1.165, 1.54) is 28.5 Å². The van der Waals surface area contributed by atoms with Crippen LogP contribution in [0.1, 0.15) is 26.3 Å². The third-order valence-corrected chi connectivity index (χ3v) is 6.41. The summed E-state index contributed by atoms with van der Waals surface area (Å²) in [6.07, 6.45) is 2.46. The molecule has 0 radical (unpaired) electrons. The van der Waals surface area contributed by atoms with E-state index in [4.69, 9.17) is 14.3 Å². The molecule has 5 rings (SSSR count). The molecule has 1 aliphatic rings. The van der Waals surface area contributed by atoms with Gasteiger partial charge in [0, 0.05) is 43.8 Å². The third kappa shape index (κ3) is 5.66. The number of fused-ring (bicyclic) bond motifs is 2. The van der Waals surface area contributed by atoms with Crippen molar-refractivity contribution in [3.63, 3.8) is 0 Å². The van der Waals surface area contributed by atoms with E-state index in [1.54, 1.807) is 46.2 Å². The van der Waals surface area contributed by atoms with Gasteiger partial charge in [0.05, 0.1) is 28.4 Å². The second-order valence-corrected chi connectivity index (χ2v) is 10.4. The van der Waals surface area contributed by atoms with Crippen molar-refractivity contribution in [2.75, 3.05) is 37.0 Å². The van der Waals surface area contributed by atoms with Crippen molar-refractivity contribution in [1.82, 2.24) is 14.7 Å². The van der Waals surface area contributed by atoms with E-state index < -0.39 is 16.3 Å². The molecule has 0 spiro atoms. The Morgan fingerprint density at radius 3 is 2.73 bits per heavy atom. The van der Waals surface area contributed by atoms with Crippen LogP contribution in [0, 0.1) is 15.5 Å². The number of anilines is 3. The van der Waals surface area contributed by atoms with Crippen LogP contribution in [0.25, 0.3) is 11.0 Å². The van der Waals surface area contributed by atoms with E-state index >= 15 is 0 Å². The molecule has 0 amide bonds. The molecule has 12 heteroatoms. The fourth-order valence-electron chi connectivity index (χ4n) is 4.28. The second kappa shape index (κ2) is 10.8. The number of carbonyl (C=O) groups excluding carboxylic acids is 1. The lowest BCUT2D eigenvalue weighted by molar-refractivity contribution is -0.384. The predicted molar refractivity (Wildman–Crippen MR) is 149 cm³/mol. The monoisotopic (exact) mass is 546 g/mol. The van der Waals surface area contributed by atoms with Crippen molar-refractivity contribution >= 4 is 40.0 Å². The van der Waals surface area contributed by atoms with Crippen LogP contribution in [0.3, 0.4) is 0 Å². The van der Waals surface area contributed by atoms with Crippen LogP contribution in [0.4, 0.5) is 23.0 Å². The molecule has 0 bridgehead atoms. The number of hydrogen-bond acceptors (Lipinski definition) is 10. The highest BCUT2D eigenvalue weighted by molar-refractivity contribution is 5.84. The lowest BCUT2D eigenvalue weighted by Gasteiger charge is -2.19. The number of rotatable bonds is 9. The average molecular weight is 547 g/mol. The molecule has 40 heavy (non-hydrogen) atoms.